The van der Waals surface area contributed by atoms with Gasteiger partial charge in [0.1, 0.15) is 6.04 Å². The second-order valence-corrected chi connectivity index (χ2v) is 4.57. The Balaban J connectivity index is 1.84. The smallest absolute Gasteiger partial charge is 0.326 e. The van der Waals surface area contributed by atoms with Gasteiger partial charge in [0, 0.05) is 19.5 Å². The van der Waals surface area contributed by atoms with Crippen molar-refractivity contribution in [2.45, 2.75) is 25.8 Å². The number of carboxylic acid groups (broad SMARTS) is 1. The normalized spacial score (nSPS) is 22.5. The number of carbonyl (C=O) groups is 2. The van der Waals surface area contributed by atoms with E-state index >= 15 is 0 Å². The van der Waals surface area contributed by atoms with Gasteiger partial charge in [0.2, 0.25) is 6.39 Å². The zero-order chi connectivity index (χ0) is 13.8. The average molecular weight is 268 g/mol. The van der Waals surface area contributed by atoms with Crippen molar-refractivity contribution >= 4 is 12.0 Å². The average Bonchev–Trinajstić information content (AvgIpc) is 2.97. The van der Waals surface area contributed by atoms with Gasteiger partial charge in [0.15, 0.2) is 5.82 Å². The van der Waals surface area contributed by atoms with Crippen LogP contribution in [0.2, 0.25) is 0 Å². The second-order valence-electron chi connectivity index (χ2n) is 4.57. The Bertz CT molecular complexity index is 448. The molecule has 1 aliphatic heterocycles. The van der Waals surface area contributed by atoms with E-state index in [2.05, 4.69) is 20.0 Å². The van der Waals surface area contributed by atoms with Gasteiger partial charge in [-0.15, -0.1) is 0 Å². The Morgan fingerprint density at radius 2 is 2.42 bits per heavy atom. The third kappa shape index (κ3) is 3.01. The molecule has 8 heteroatoms. The van der Waals surface area contributed by atoms with Crippen molar-refractivity contribution in [1.82, 2.24) is 20.4 Å². The lowest BCUT2D eigenvalue weighted by Gasteiger charge is -2.23. The topological polar surface area (TPSA) is 109 Å². The molecule has 0 aromatic carbocycles. The fourth-order valence-corrected chi connectivity index (χ4v) is 2.24. The van der Waals surface area contributed by atoms with Crippen LogP contribution in [0.3, 0.4) is 0 Å². The minimum absolute atomic E-state index is 0.0274. The van der Waals surface area contributed by atoms with E-state index in [-0.39, 0.29) is 11.9 Å². The van der Waals surface area contributed by atoms with E-state index in [0.717, 1.165) is 0 Å². The van der Waals surface area contributed by atoms with Gasteiger partial charge in [-0.25, -0.2) is 9.59 Å². The van der Waals surface area contributed by atoms with Crippen molar-refractivity contribution in [3.05, 3.63) is 12.2 Å². The van der Waals surface area contributed by atoms with E-state index in [4.69, 9.17) is 5.11 Å². The predicted octanol–water partition coefficient (Wildman–Crippen LogP) is 0.117. The van der Waals surface area contributed by atoms with Gasteiger partial charge in [-0.1, -0.05) is 12.1 Å². The summed E-state index contributed by atoms with van der Waals surface area (Å²) in [7, 11) is 0. The van der Waals surface area contributed by atoms with Crippen LogP contribution in [0.1, 0.15) is 19.2 Å². The van der Waals surface area contributed by atoms with Gasteiger partial charge < -0.3 is 19.8 Å². The van der Waals surface area contributed by atoms with Crippen LogP contribution in [0.25, 0.3) is 0 Å². The zero-order valence-corrected chi connectivity index (χ0v) is 10.6. The van der Waals surface area contributed by atoms with Crippen LogP contribution in [0.15, 0.2) is 10.9 Å². The van der Waals surface area contributed by atoms with Gasteiger partial charge in [0.25, 0.3) is 0 Å². The maximum atomic E-state index is 11.9. The lowest BCUT2D eigenvalue weighted by atomic mass is 10.0. The molecule has 1 saturated heterocycles. The highest BCUT2D eigenvalue weighted by atomic mass is 16.5. The Kier molecular flexibility index (Phi) is 3.98. The molecule has 2 unspecified atom stereocenters. The predicted molar refractivity (Wildman–Crippen MR) is 63.3 cm³/mol. The molecule has 2 heterocycles. The molecule has 2 N–H and O–H groups in total. The van der Waals surface area contributed by atoms with Gasteiger partial charge in [-0.2, -0.15) is 4.98 Å². The number of urea groups is 1. The number of amides is 2. The third-order valence-electron chi connectivity index (χ3n) is 3.25. The minimum atomic E-state index is -0.960. The minimum Gasteiger partial charge on any atom is -0.480 e. The molecule has 2 atom stereocenters. The molecule has 2 rings (SSSR count). The maximum Gasteiger partial charge on any atom is 0.326 e. The summed E-state index contributed by atoms with van der Waals surface area (Å²) in [5.74, 6) is -0.483. The summed E-state index contributed by atoms with van der Waals surface area (Å²) in [4.78, 5) is 28.2. The molecule has 0 saturated carbocycles. The highest BCUT2D eigenvalue weighted by Crippen LogP contribution is 2.23. The van der Waals surface area contributed by atoms with Crippen molar-refractivity contribution < 1.29 is 19.2 Å². The summed E-state index contributed by atoms with van der Waals surface area (Å²) < 4.78 is 4.57. The molecule has 0 bridgehead atoms. The second kappa shape index (κ2) is 5.68. The summed E-state index contributed by atoms with van der Waals surface area (Å²) in [6.07, 6.45) is 2.37. The summed E-state index contributed by atoms with van der Waals surface area (Å²) in [6.45, 7) is 2.65. The van der Waals surface area contributed by atoms with E-state index in [1.165, 1.54) is 11.3 Å². The number of carboxylic acids is 1. The summed E-state index contributed by atoms with van der Waals surface area (Å²) in [6, 6.07) is -1.11. The van der Waals surface area contributed by atoms with Crippen molar-refractivity contribution in [3.63, 3.8) is 0 Å². The van der Waals surface area contributed by atoms with Crippen LogP contribution in [0, 0.1) is 5.92 Å². The molecule has 0 spiro atoms. The number of hydrogen-bond donors (Lipinski definition) is 2. The van der Waals surface area contributed by atoms with Gasteiger partial charge in [-0.3, -0.25) is 0 Å². The van der Waals surface area contributed by atoms with Crippen molar-refractivity contribution in [2.75, 3.05) is 13.1 Å². The molecule has 2 amide bonds. The fraction of sp³-hybridized carbons (Fsp3) is 0.636. The first-order valence-corrected chi connectivity index (χ1v) is 6.12. The standard InChI is InChI=1S/C11H16N4O4/c1-7-3-5-15(9(7)10(16)17)11(18)12-4-2-8-13-6-19-14-8/h6-7,9H,2-5H2,1H3,(H,12,18)(H,16,17). The molecular formula is C11H16N4O4. The molecule has 0 radical (unpaired) electrons. The van der Waals surface area contributed by atoms with E-state index in [9.17, 15) is 9.59 Å². The van der Waals surface area contributed by atoms with Crippen LogP contribution >= 0.6 is 0 Å². The summed E-state index contributed by atoms with van der Waals surface area (Å²) in [5, 5.41) is 15.4. The van der Waals surface area contributed by atoms with E-state index < -0.39 is 12.0 Å². The molecule has 104 valence electrons. The summed E-state index contributed by atoms with van der Waals surface area (Å²) in [5.41, 5.74) is 0. The monoisotopic (exact) mass is 268 g/mol. The molecule has 8 nitrogen and oxygen atoms in total. The fourth-order valence-electron chi connectivity index (χ4n) is 2.24. The van der Waals surface area contributed by atoms with Gasteiger partial charge >= 0.3 is 12.0 Å². The first-order valence-electron chi connectivity index (χ1n) is 6.12. The SMILES string of the molecule is CC1CCN(C(=O)NCCc2ncon2)C1C(=O)O. The van der Waals surface area contributed by atoms with Crippen LogP contribution in [-0.4, -0.2) is 51.3 Å². The first kappa shape index (κ1) is 13.3. The molecule has 1 aliphatic rings. The Morgan fingerprint density at radius 1 is 1.63 bits per heavy atom. The number of aromatic nitrogens is 2. The van der Waals surface area contributed by atoms with E-state index in [0.29, 0.717) is 31.8 Å². The molecular weight excluding hydrogens is 252 g/mol. The summed E-state index contributed by atoms with van der Waals surface area (Å²) >= 11 is 0. The lowest BCUT2D eigenvalue weighted by Crippen LogP contribution is -2.48. The molecule has 1 fully saturated rings. The molecule has 19 heavy (non-hydrogen) atoms. The van der Waals surface area contributed by atoms with E-state index in [1.807, 2.05) is 6.92 Å². The van der Waals surface area contributed by atoms with Crippen molar-refractivity contribution in [3.8, 4) is 0 Å². The number of hydrogen-bond acceptors (Lipinski definition) is 5. The number of nitrogens with zero attached hydrogens (tertiary/aromatic N) is 3. The number of likely N-dealkylation sites (tertiary alicyclic amines) is 1. The lowest BCUT2D eigenvalue weighted by molar-refractivity contribution is -0.142. The highest BCUT2D eigenvalue weighted by molar-refractivity contribution is 5.83. The highest BCUT2D eigenvalue weighted by Gasteiger charge is 2.39. The van der Waals surface area contributed by atoms with Crippen molar-refractivity contribution in [1.29, 1.82) is 0 Å². The van der Waals surface area contributed by atoms with Crippen molar-refractivity contribution in [2.24, 2.45) is 5.92 Å². The third-order valence-corrected chi connectivity index (χ3v) is 3.25. The number of carbonyl (C=O) groups excluding carboxylic acids is 1. The Hall–Kier alpha value is -2.12. The first-order chi connectivity index (χ1) is 9.09. The number of nitrogens with one attached hydrogen (secondary N) is 1. The van der Waals surface area contributed by atoms with Crippen LogP contribution in [-0.2, 0) is 11.2 Å². The van der Waals surface area contributed by atoms with Gasteiger partial charge in [-0.05, 0) is 12.3 Å². The molecule has 0 aliphatic carbocycles. The maximum absolute atomic E-state index is 11.9. The van der Waals surface area contributed by atoms with Crippen LogP contribution in [0.5, 0.6) is 0 Å². The Morgan fingerprint density at radius 3 is 3.05 bits per heavy atom. The molecule has 1 aromatic rings. The number of rotatable bonds is 4. The Labute approximate surface area is 109 Å². The largest absolute Gasteiger partial charge is 0.480 e. The zero-order valence-electron chi connectivity index (χ0n) is 10.6. The van der Waals surface area contributed by atoms with Crippen LogP contribution < -0.4 is 5.32 Å². The van der Waals surface area contributed by atoms with Gasteiger partial charge in [0.05, 0.1) is 0 Å². The molecule has 1 aromatic heterocycles. The van der Waals surface area contributed by atoms with Crippen LogP contribution in [0.4, 0.5) is 4.79 Å². The van der Waals surface area contributed by atoms with E-state index in [1.54, 1.807) is 0 Å². The quantitative estimate of drug-likeness (QED) is 0.802. The number of aliphatic carboxylic acids is 1.